The van der Waals surface area contributed by atoms with Crippen molar-refractivity contribution in [3.8, 4) is 28.6 Å². The van der Waals surface area contributed by atoms with Gasteiger partial charge in [0.1, 0.15) is 18.7 Å². The van der Waals surface area contributed by atoms with Gasteiger partial charge in [0.05, 0.1) is 16.3 Å². The van der Waals surface area contributed by atoms with Crippen LogP contribution >= 0.6 is 11.6 Å². The number of benzene rings is 2. The fraction of sp³-hybridized carbons (Fsp3) is 0.130. The summed E-state index contributed by atoms with van der Waals surface area (Å²) in [7, 11) is 1.54. The van der Waals surface area contributed by atoms with Gasteiger partial charge >= 0.3 is 11.9 Å². The summed E-state index contributed by atoms with van der Waals surface area (Å²) in [6, 6.07) is 8.25. The molecule has 180 valence electrons. The first kappa shape index (κ1) is 24.1. The minimum Gasteiger partial charge on any atom is -0.473 e. The molecule has 0 amide bonds. The molecule has 2 aromatic heterocycles. The monoisotopic (exact) mass is 506 g/mol. The van der Waals surface area contributed by atoms with Crippen LogP contribution in [-0.4, -0.2) is 19.5 Å². The average molecular weight is 507 g/mol. The average Bonchev–Trinajstić information content (AvgIpc) is 2.82. The lowest BCUT2D eigenvalue weighted by Crippen LogP contribution is -2.22. The second-order valence-electron chi connectivity index (χ2n) is 7.24. The van der Waals surface area contributed by atoms with Gasteiger partial charge in [-0.2, -0.15) is 18.2 Å². The molecular weight excluding hydrogens is 492 g/mol. The summed E-state index contributed by atoms with van der Waals surface area (Å²) in [6.07, 6.45) is -0.281. The fourth-order valence-corrected chi connectivity index (χ4v) is 3.31. The van der Waals surface area contributed by atoms with Gasteiger partial charge in [-0.1, -0.05) is 17.7 Å². The molecule has 0 atom stereocenters. The molecule has 0 fully saturated rings. The Balaban J connectivity index is 1.50. The number of hydrogen-bond donors (Lipinski definition) is 0. The van der Waals surface area contributed by atoms with Crippen LogP contribution < -0.4 is 15.2 Å². The highest BCUT2D eigenvalue weighted by molar-refractivity contribution is 6.31. The van der Waals surface area contributed by atoms with Gasteiger partial charge in [-0.25, -0.2) is 19.2 Å². The van der Waals surface area contributed by atoms with Crippen molar-refractivity contribution in [2.45, 2.75) is 12.8 Å². The van der Waals surface area contributed by atoms with Crippen molar-refractivity contribution in [2.75, 3.05) is 0 Å². The molecule has 0 aliphatic carbocycles. The van der Waals surface area contributed by atoms with Crippen LogP contribution in [0.15, 0.2) is 66.0 Å². The molecule has 0 unspecified atom stereocenters. The molecule has 0 spiro atoms. The number of ether oxygens (including phenoxy) is 2. The molecule has 0 aliphatic rings. The molecule has 0 bridgehead atoms. The largest absolute Gasteiger partial charge is 0.473 e. The highest BCUT2D eigenvalue weighted by atomic mass is 35.5. The van der Waals surface area contributed by atoms with Crippen LogP contribution in [0.5, 0.6) is 17.4 Å². The zero-order valence-electron chi connectivity index (χ0n) is 17.9. The summed E-state index contributed by atoms with van der Waals surface area (Å²) < 4.78 is 65.8. The molecule has 0 saturated heterocycles. The molecule has 0 aliphatic heterocycles. The first-order valence-electron chi connectivity index (χ1n) is 9.91. The Kier molecular flexibility index (Phi) is 6.70. The summed E-state index contributed by atoms with van der Waals surface area (Å²) in [6.45, 7) is -0.138. The third kappa shape index (κ3) is 5.57. The van der Waals surface area contributed by atoms with Gasteiger partial charge in [0.25, 0.3) is 0 Å². The van der Waals surface area contributed by atoms with Crippen LogP contribution in [0.1, 0.15) is 11.1 Å². The third-order valence-corrected chi connectivity index (χ3v) is 5.15. The Bertz CT molecular complexity index is 1430. The Morgan fingerprint density at radius 2 is 1.80 bits per heavy atom. The Labute approximate surface area is 200 Å². The van der Waals surface area contributed by atoms with Crippen LogP contribution in [0.3, 0.4) is 0 Å². The number of hydrogen-bond acceptors (Lipinski definition) is 6. The zero-order valence-corrected chi connectivity index (χ0v) is 18.6. The molecule has 7 nitrogen and oxygen atoms in total. The van der Waals surface area contributed by atoms with Crippen molar-refractivity contribution in [2.24, 2.45) is 7.05 Å². The van der Waals surface area contributed by atoms with Crippen molar-refractivity contribution in [3.05, 3.63) is 93.6 Å². The topological polar surface area (TPSA) is 79.1 Å². The van der Waals surface area contributed by atoms with Crippen molar-refractivity contribution < 1.29 is 27.0 Å². The van der Waals surface area contributed by atoms with Gasteiger partial charge in [0.15, 0.2) is 11.6 Å². The quantitative estimate of drug-likeness (QED) is 0.325. The lowest BCUT2D eigenvalue weighted by Gasteiger charge is -2.13. The Hall–Kier alpha value is -3.99. The second-order valence-corrected chi connectivity index (χ2v) is 7.65. The molecule has 4 rings (SSSR count). The van der Waals surface area contributed by atoms with Gasteiger partial charge in [0.2, 0.25) is 5.88 Å². The zero-order chi connectivity index (χ0) is 25.2. The van der Waals surface area contributed by atoms with E-state index in [1.54, 1.807) is 0 Å². The van der Waals surface area contributed by atoms with Gasteiger partial charge in [-0.15, -0.1) is 0 Å². The highest BCUT2D eigenvalue weighted by Crippen LogP contribution is 2.38. The molecule has 2 aromatic carbocycles. The lowest BCUT2D eigenvalue weighted by atomic mass is 10.2. The van der Waals surface area contributed by atoms with Crippen molar-refractivity contribution >= 4 is 11.6 Å². The van der Waals surface area contributed by atoms with E-state index in [2.05, 4.69) is 15.0 Å². The van der Waals surface area contributed by atoms with Gasteiger partial charge < -0.3 is 9.47 Å². The molecular formula is C23H15ClF4N4O3. The van der Waals surface area contributed by atoms with Crippen molar-refractivity contribution in [1.29, 1.82) is 0 Å². The van der Waals surface area contributed by atoms with E-state index in [-0.39, 0.29) is 24.0 Å². The SMILES string of the molecule is Cn1c(-c2cncnc2)cc(OCc2ccc(Oc3ccc(Cl)c(C(F)(F)F)c3)c(F)c2)nc1=O. The molecule has 4 aromatic rings. The van der Waals surface area contributed by atoms with Crippen molar-refractivity contribution in [3.63, 3.8) is 0 Å². The van der Waals surface area contributed by atoms with Gasteiger partial charge in [0, 0.05) is 31.1 Å². The van der Waals surface area contributed by atoms with Crippen molar-refractivity contribution in [1.82, 2.24) is 19.5 Å². The van der Waals surface area contributed by atoms with Crippen LogP contribution in [0, 0.1) is 5.82 Å². The minimum atomic E-state index is -4.68. The molecule has 0 saturated carbocycles. The number of halogens is 5. The summed E-state index contributed by atoms with van der Waals surface area (Å²) in [5.41, 5.74) is -0.254. The number of alkyl halides is 3. The standard InChI is InChI=1S/C23H15ClF4N4O3/c1-32-19(14-9-29-12-30-10-14)8-21(31-22(32)33)34-11-13-2-5-20(18(25)6-13)35-15-3-4-17(24)16(7-15)23(26,27)28/h2-10,12H,11H2,1H3. The van der Waals surface area contributed by atoms with Crippen LogP contribution in [0.4, 0.5) is 17.6 Å². The lowest BCUT2D eigenvalue weighted by molar-refractivity contribution is -0.137. The van der Waals surface area contributed by atoms with E-state index in [0.29, 0.717) is 22.9 Å². The van der Waals surface area contributed by atoms with E-state index in [0.717, 1.165) is 12.1 Å². The minimum absolute atomic E-state index is 0.00790. The van der Waals surface area contributed by atoms with Crippen LogP contribution in [0.25, 0.3) is 11.3 Å². The maximum atomic E-state index is 14.6. The van der Waals surface area contributed by atoms with Gasteiger partial charge in [-0.05, 0) is 35.9 Å². The number of nitrogens with zero attached hydrogens (tertiary/aromatic N) is 4. The Morgan fingerprint density at radius 3 is 2.49 bits per heavy atom. The molecule has 35 heavy (non-hydrogen) atoms. The highest BCUT2D eigenvalue weighted by Gasteiger charge is 2.33. The van der Waals surface area contributed by atoms with E-state index in [1.807, 2.05) is 0 Å². The maximum Gasteiger partial charge on any atom is 0.417 e. The molecule has 0 radical (unpaired) electrons. The number of aromatic nitrogens is 4. The molecule has 0 N–H and O–H groups in total. The first-order chi connectivity index (χ1) is 16.6. The van der Waals surface area contributed by atoms with E-state index in [9.17, 15) is 22.4 Å². The van der Waals surface area contributed by atoms with E-state index in [4.69, 9.17) is 21.1 Å². The number of rotatable bonds is 6. The van der Waals surface area contributed by atoms with E-state index < -0.39 is 28.3 Å². The predicted molar refractivity (Wildman–Crippen MR) is 118 cm³/mol. The first-order valence-corrected chi connectivity index (χ1v) is 10.3. The van der Waals surface area contributed by atoms with Crippen LogP contribution in [-0.2, 0) is 19.8 Å². The van der Waals surface area contributed by atoms with Gasteiger partial charge in [-0.3, -0.25) is 4.57 Å². The normalized spacial score (nSPS) is 11.4. The summed E-state index contributed by atoms with van der Waals surface area (Å²) in [5.74, 6) is -1.34. The summed E-state index contributed by atoms with van der Waals surface area (Å²) in [4.78, 5) is 23.9. The van der Waals surface area contributed by atoms with Crippen LogP contribution in [0.2, 0.25) is 5.02 Å². The maximum absolute atomic E-state index is 14.6. The summed E-state index contributed by atoms with van der Waals surface area (Å²) in [5, 5.41) is -0.495. The molecule has 12 heteroatoms. The Morgan fingerprint density at radius 1 is 1.06 bits per heavy atom. The molecule has 2 heterocycles. The van der Waals surface area contributed by atoms with E-state index in [1.165, 1.54) is 54.6 Å². The van der Waals surface area contributed by atoms with E-state index >= 15 is 0 Å². The smallest absolute Gasteiger partial charge is 0.417 e. The predicted octanol–water partition coefficient (Wildman–Crippen LogP) is 5.42. The fourth-order valence-electron chi connectivity index (χ4n) is 3.09. The second kappa shape index (κ2) is 9.71. The third-order valence-electron chi connectivity index (χ3n) is 4.82. The summed E-state index contributed by atoms with van der Waals surface area (Å²) >= 11 is 5.59.